The molecule has 1 aromatic carbocycles. The second-order valence-corrected chi connectivity index (χ2v) is 15.4. The van der Waals surface area contributed by atoms with Crippen LogP contribution >= 0.6 is 0 Å². The maximum Gasteiger partial charge on any atom is 0.256 e. The molecule has 1 aliphatic heterocycles. The Morgan fingerprint density at radius 2 is 1.82 bits per heavy atom. The van der Waals surface area contributed by atoms with Crippen LogP contribution in [0.1, 0.15) is 38.2 Å². The summed E-state index contributed by atoms with van der Waals surface area (Å²) in [6.07, 6.45) is 7.06. The Morgan fingerprint density at radius 3 is 2.50 bits per heavy atom. The molecule has 0 radical (unpaired) electrons. The zero-order chi connectivity index (χ0) is 28.4. The SMILES string of the molecule is CC(C)c1ccc(N2CC(CS(C)(=O)=O)C2)c2c(-c3ccnc(-c4cnn(S(=O)(=O)C5CC5)c4)n3)nc(N)cc12. The molecule has 210 valence electrons. The van der Waals surface area contributed by atoms with Gasteiger partial charge < -0.3 is 10.6 Å². The largest absolute Gasteiger partial charge is 0.384 e. The number of anilines is 2. The Morgan fingerprint density at radius 1 is 1.07 bits per heavy atom. The lowest BCUT2D eigenvalue weighted by Crippen LogP contribution is -2.49. The van der Waals surface area contributed by atoms with E-state index < -0.39 is 19.9 Å². The van der Waals surface area contributed by atoms with Crippen LogP contribution in [0.5, 0.6) is 0 Å². The van der Waals surface area contributed by atoms with Gasteiger partial charge in [0.05, 0.1) is 34.7 Å². The highest BCUT2D eigenvalue weighted by atomic mass is 32.2. The Hall–Kier alpha value is -3.58. The molecule has 0 atom stereocenters. The van der Waals surface area contributed by atoms with Crippen LogP contribution in [0, 0.1) is 5.92 Å². The van der Waals surface area contributed by atoms with Crippen molar-refractivity contribution in [2.24, 2.45) is 5.92 Å². The summed E-state index contributed by atoms with van der Waals surface area (Å²) in [5, 5.41) is 5.54. The number of sulfone groups is 1. The number of pyridine rings is 1. The van der Waals surface area contributed by atoms with Gasteiger partial charge in [0.1, 0.15) is 21.3 Å². The van der Waals surface area contributed by atoms with Crippen molar-refractivity contribution < 1.29 is 16.8 Å². The second-order valence-electron chi connectivity index (χ2n) is 11.1. The molecule has 0 spiro atoms. The number of fused-ring (bicyclic) bond motifs is 1. The summed E-state index contributed by atoms with van der Waals surface area (Å²) in [5.41, 5.74) is 9.97. The average molecular weight is 582 g/mol. The molecule has 4 aromatic rings. The predicted molar refractivity (Wildman–Crippen MR) is 155 cm³/mol. The van der Waals surface area contributed by atoms with Crippen molar-refractivity contribution in [3.8, 4) is 22.8 Å². The molecule has 0 unspecified atom stereocenters. The molecule has 1 saturated heterocycles. The molecule has 40 heavy (non-hydrogen) atoms. The highest BCUT2D eigenvalue weighted by Crippen LogP contribution is 2.41. The number of nitrogens with zero attached hydrogens (tertiary/aromatic N) is 6. The third-order valence-electron chi connectivity index (χ3n) is 7.41. The van der Waals surface area contributed by atoms with E-state index in [0.717, 1.165) is 26.1 Å². The second kappa shape index (κ2) is 9.51. The molecule has 2 N–H and O–H groups in total. The smallest absolute Gasteiger partial charge is 0.256 e. The van der Waals surface area contributed by atoms with Crippen molar-refractivity contribution in [2.75, 3.05) is 35.7 Å². The highest BCUT2D eigenvalue weighted by molar-refractivity contribution is 7.90. The summed E-state index contributed by atoms with van der Waals surface area (Å²) in [7, 11) is -6.58. The van der Waals surface area contributed by atoms with Crippen molar-refractivity contribution in [1.82, 2.24) is 24.1 Å². The summed E-state index contributed by atoms with van der Waals surface area (Å²) in [4.78, 5) is 16.0. The van der Waals surface area contributed by atoms with E-state index in [1.54, 1.807) is 12.3 Å². The fraction of sp³-hybridized carbons (Fsp3) is 0.407. The lowest BCUT2D eigenvalue weighted by atomic mass is 9.91. The maximum atomic E-state index is 12.6. The Balaban J connectivity index is 1.45. The van der Waals surface area contributed by atoms with Crippen LogP contribution in [-0.2, 0) is 19.9 Å². The van der Waals surface area contributed by atoms with E-state index in [0.29, 0.717) is 54.5 Å². The number of hydrogen-bond donors (Lipinski definition) is 1. The number of aromatic nitrogens is 5. The van der Waals surface area contributed by atoms with Gasteiger partial charge in [0.2, 0.25) is 0 Å². The first-order valence-electron chi connectivity index (χ1n) is 13.2. The predicted octanol–water partition coefficient (Wildman–Crippen LogP) is 3.08. The molecule has 13 heteroatoms. The summed E-state index contributed by atoms with van der Waals surface area (Å²) in [5.74, 6) is 1.12. The van der Waals surface area contributed by atoms with Gasteiger partial charge in [0.25, 0.3) is 10.0 Å². The van der Waals surface area contributed by atoms with Crippen LogP contribution < -0.4 is 10.6 Å². The van der Waals surface area contributed by atoms with Gasteiger partial charge in [-0.2, -0.15) is 9.19 Å². The lowest BCUT2D eigenvalue weighted by molar-refractivity contribution is 0.445. The molecule has 2 fully saturated rings. The van der Waals surface area contributed by atoms with E-state index in [1.807, 2.05) is 6.07 Å². The topological polar surface area (TPSA) is 154 Å². The van der Waals surface area contributed by atoms with Crippen LogP contribution in [-0.4, -0.2) is 71.3 Å². The number of rotatable bonds is 8. The van der Waals surface area contributed by atoms with Crippen LogP contribution in [0.2, 0.25) is 0 Å². The first-order chi connectivity index (χ1) is 18.9. The number of nitrogens with two attached hydrogens (primary N) is 1. The molecule has 0 bridgehead atoms. The average Bonchev–Trinajstić information content (AvgIpc) is 3.61. The summed E-state index contributed by atoms with van der Waals surface area (Å²) in [6, 6.07) is 7.78. The van der Waals surface area contributed by atoms with Gasteiger partial charge in [-0.15, -0.1) is 0 Å². The van der Waals surface area contributed by atoms with Crippen molar-refractivity contribution in [3.63, 3.8) is 0 Å². The molecular formula is C27H31N7O4S2. The number of benzene rings is 1. The van der Waals surface area contributed by atoms with Crippen LogP contribution in [0.15, 0.2) is 42.9 Å². The minimum absolute atomic E-state index is 0.0640. The van der Waals surface area contributed by atoms with E-state index in [4.69, 9.17) is 15.7 Å². The van der Waals surface area contributed by atoms with Gasteiger partial charge in [0.15, 0.2) is 5.82 Å². The maximum absolute atomic E-state index is 12.6. The van der Waals surface area contributed by atoms with Gasteiger partial charge in [-0.05, 0) is 47.9 Å². The third kappa shape index (κ3) is 4.92. The van der Waals surface area contributed by atoms with Gasteiger partial charge in [-0.25, -0.2) is 31.8 Å². The molecule has 11 nitrogen and oxygen atoms in total. The van der Waals surface area contributed by atoms with Crippen molar-refractivity contribution in [2.45, 2.75) is 37.9 Å². The third-order valence-corrected chi connectivity index (χ3v) is 10.5. The molecule has 1 aliphatic carbocycles. The van der Waals surface area contributed by atoms with Crippen molar-refractivity contribution in [1.29, 1.82) is 0 Å². The fourth-order valence-electron chi connectivity index (χ4n) is 5.35. The molecule has 1 saturated carbocycles. The Kier molecular flexibility index (Phi) is 6.33. The monoisotopic (exact) mass is 581 g/mol. The van der Waals surface area contributed by atoms with E-state index in [1.165, 1.54) is 18.6 Å². The van der Waals surface area contributed by atoms with E-state index in [9.17, 15) is 16.8 Å². The van der Waals surface area contributed by atoms with E-state index in [2.05, 4.69) is 41.0 Å². The van der Waals surface area contributed by atoms with Crippen LogP contribution in [0.4, 0.5) is 11.5 Å². The zero-order valence-electron chi connectivity index (χ0n) is 22.5. The van der Waals surface area contributed by atoms with Crippen molar-refractivity contribution >= 4 is 42.1 Å². The van der Waals surface area contributed by atoms with Gasteiger partial charge in [0, 0.05) is 42.5 Å². The Bertz CT molecular complexity index is 1840. The first-order valence-corrected chi connectivity index (χ1v) is 16.8. The number of hydrogen-bond acceptors (Lipinski definition) is 10. The van der Waals surface area contributed by atoms with Crippen LogP contribution in [0.3, 0.4) is 0 Å². The molecule has 3 aromatic heterocycles. The minimum atomic E-state index is -3.51. The van der Waals surface area contributed by atoms with Gasteiger partial charge in [-0.3, -0.25) is 0 Å². The fourth-order valence-corrected chi connectivity index (χ4v) is 7.90. The van der Waals surface area contributed by atoms with Gasteiger partial charge >= 0.3 is 0 Å². The standard InChI is InChI=1S/C27H31N7O4S2/c1-16(2)20-6-7-23(33-12-17(13-33)15-39(3,35)36)25-21(20)10-24(28)32-26(25)22-8-9-29-27(31-22)18-11-30-34(14-18)40(37,38)19-4-5-19/h6-11,14,16-17,19H,4-5,12-13,15H2,1-3H3,(H2,28,32). The summed E-state index contributed by atoms with van der Waals surface area (Å²) < 4.78 is 49.9. The quantitative estimate of drug-likeness (QED) is 0.328. The summed E-state index contributed by atoms with van der Waals surface area (Å²) >= 11 is 0. The lowest BCUT2D eigenvalue weighted by Gasteiger charge is -2.41. The highest BCUT2D eigenvalue weighted by Gasteiger charge is 2.38. The molecule has 2 aliphatic rings. The number of nitrogen functional groups attached to an aromatic ring is 1. The normalized spacial score (nSPS) is 16.6. The van der Waals surface area contributed by atoms with E-state index in [-0.39, 0.29) is 22.8 Å². The molecular weight excluding hydrogens is 550 g/mol. The van der Waals surface area contributed by atoms with Crippen LogP contribution in [0.25, 0.3) is 33.5 Å². The summed E-state index contributed by atoms with van der Waals surface area (Å²) in [6.45, 7) is 5.48. The molecule has 6 rings (SSSR count). The van der Waals surface area contributed by atoms with Crippen molar-refractivity contribution in [3.05, 3.63) is 48.4 Å². The first kappa shape index (κ1) is 26.6. The van der Waals surface area contributed by atoms with Gasteiger partial charge in [-0.1, -0.05) is 19.9 Å². The zero-order valence-corrected chi connectivity index (χ0v) is 24.2. The molecule has 0 amide bonds. The molecule has 4 heterocycles. The Labute approximate surface area is 233 Å². The van der Waals surface area contributed by atoms with E-state index >= 15 is 0 Å². The minimum Gasteiger partial charge on any atom is -0.384 e.